The zero-order valence-electron chi connectivity index (χ0n) is 9.84. The number of fused-ring (bicyclic) bond motifs is 1. The molecular weight excluding hydrogens is 172 g/mol. The summed E-state index contributed by atoms with van der Waals surface area (Å²) in [5.74, 6) is 1.67. The third kappa shape index (κ3) is 1.84. The smallest absolute Gasteiger partial charge is 0.0622 e. The van der Waals surface area contributed by atoms with Crippen molar-refractivity contribution in [3.8, 4) is 0 Å². The molecule has 2 aliphatic carbocycles. The lowest BCUT2D eigenvalue weighted by molar-refractivity contribution is -0.0654. The van der Waals surface area contributed by atoms with Crippen molar-refractivity contribution in [1.82, 2.24) is 0 Å². The normalized spacial score (nSPS) is 47.1. The van der Waals surface area contributed by atoms with Crippen LogP contribution in [-0.2, 0) is 0 Å². The molecule has 0 saturated heterocycles. The number of aliphatic hydroxyl groups is 1. The summed E-state index contributed by atoms with van der Waals surface area (Å²) in [5.41, 5.74) is 0.161. The third-order valence-corrected chi connectivity index (χ3v) is 4.66. The maximum Gasteiger partial charge on any atom is 0.0622 e. The fourth-order valence-corrected chi connectivity index (χ4v) is 3.85. The summed E-state index contributed by atoms with van der Waals surface area (Å²) < 4.78 is 0. The van der Waals surface area contributed by atoms with Gasteiger partial charge >= 0.3 is 0 Å². The van der Waals surface area contributed by atoms with E-state index in [9.17, 15) is 5.11 Å². The minimum absolute atomic E-state index is 0.366. The summed E-state index contributed by atoms with van der Waals surface area (Å²) in [7, 11) is 0. The van der Waals surface area contributed by atoms with Crippen molar-refractivity contribution >= 4 is 0 Å². The molecule has 2 aliphatic rings. The van der Waals surface area contributed by atoms with Crippen molar-refractivity contribution in [2.75, 3.05) is 0 Å². The summed E-state index contributed by atoms with van der Waals surface area (Å²) >= 11 is 0. The third-order valence-electron chi connectivity index (χ3n) is 4.66. The molecule has 0 spiro atoms. The number of hydrogen-bond donors (Lipinski definition) is 1. The molecule has 3 atom stereocenters. The molecule has 0 amide bonds. The molecule has 0 aromatic carbocycles. The molecule has 1 N–H and O–H groups in total. The van der Waals surface area contributed by atoms with E-state index in [-0.39, 0.29) is 5.60 Å². The second-order valence-corrected chi connectivity index (χ2v) is 6.49. The summed E-state index contributed by atoms with van der Waals surface area (Å²) in [5, 5.41) is 10.1. The molecule has 0 aliphatic heterocycles. The molecular formula is C13H24O. The topological polar surface area (TPSA) is 20.2 Å². The Bertz CT molecular complexity index is 217. The van der Waals surface area contributed by atoms with Gasteiger partial charge in [-0.1, -0.05) is 26.7 Å². The number of rotatable bonds is 0. The van der Waals surface area contributed by atoms with Crippen LogP contribution in [0.2, 0.25) is 0 Å². The maximum atomic E-state index is 10.1. The van der Waals surface area contributed by atoms with Crippen molar-refractivity contribution in [1.29, 1.82) is 0 Å². The van der Waals surface area contributed by atoms with E-state index in [0.29, 0.717) is 5.41 Å². The Balaban J connectivity index is 2.11. The molecule has 1 heteroatoms. The van der Waals surface area contributed by atoms with Gasteiger partial charge in [-0.15, -0.1) is 0 Å². The van der Waals surface area contributed by atoms with Gasteiger partial charge in [-0.25, -0.2) is 0 Å². The summed E-state index contributed by atoms with van der Waals surface area (Å²) in [6.45, 7) is 6.86. The van der Waals surface area contributed by atoms with Crippen LogP contribution in [0.25, 0.3) is 0 Å². The lowest BCUT2D eigenvalue weighted by atomic mass is 9.57. The second-order valence-electron chi connectivity index (χ2n) is 6.49. The molecule has 2 fully saturated rings. The van der Waals surface area contributed by atoms with Crippen LogP contribution in [0.4, 0.5) is 0 Å². The minimum atomic E-state index is -0.366. The molecule has 82 valence electrons. The van der Waals surface area contributed by atoms with Crippen LogP contribution in [-0.4, -0.2) is 10.7 Å². The maximum absolute atomic E-state index is 10.1. The fourth-order valence-electron chi connectivity index (χ4n) is 3.85. The first-order valence-corrected chi connectivity index (χ1v) is 6.13. The van der Waals surface area contributed by atoms with Gasteiger partial charge in [-0.2, -0.15) is 0 Å². The van der Waals surface area contributed by atoms with E-state index in [4.69, 9.17) is 0 Å². The predicted molar refractivity (Wildman–Crippen MR) is 59.1 cm³/mol. The zero-order valence-corrected chi connectivity index (χ0v) is 9.84. The molecule has 0 aromatic rings. The molecule has 0 radical (unpaired) electrons. The Hall–Kier alpha value is -0.0400. The van der Waals surface area contributed by atoms with Gasteiger partial charge < -0.3 is 5.11 Å². The van der Waals surface area contributed by atoms with Crippen LogP contribution in [0.15, 0.2) is 0 Å². The molecule has 2 rings (SSSR count). The van der Waals surface area contributed by atoms with Gasteiger partial charge in [-0.05, 0) is 49.9 Å². The zero-order chi connectivity index (χ0) is 10.4. The molecule has 0 bridgehead atoms. The van der Waals surface area contributed by atoms with Crippen LogP contribution in [0, 0.1) is 17.3 Å². The fraction of sp³-hybridized carbons (Fsp3) is 1.00. The van der Waals surface area contributed by atoms with E-state index >= 15 is 0 Å². The van der Waals surface area contributed by atoms with Crippen molar-refractivity contribution in [2.45, 2.75) is 64.9 Å². The van der Waals surface area contributed by atoms with Gasteiger partial charge in [0.25, 0.3) is 0 Å². The van der Waals surface area contributed by atoms with Gasteiger partial charge in [0.05, 0.1) is 5.60 Å². The second kappa shape index (κ2) is 3.23. The van der Waals surface area contributed by atoms with Crippen molar-refractivity contribution in [2.24, 2.45) is 17.3 Å². The van der Waals surface area contributed by atoms with E-state index in [1.54, 1.807) is 0 Å². The van der Waals surface area contributed by atoms with E-state index < -0.39 is 0 Å². The molecule has 0 unspecified atom stereocenters. The Morgan fingerprint density at radius 3 is 2.50 bits per heavy atom. The summed E-state index contributed by atoms with van der Waals surface area (Å²) in [6.07, 6.45) is 7.40. The standard InChI is InChI=1S/C13H24O/c1-12(2)7-4-5-10-9-13(3,14)8-6-11(10)12/h10-11,14H,4-9H2,1-3H3/t10-,11-,13-/m1/s1. The Morgan fingerprint density at radius 2 is 1.79 bits per heavy atom. The molecule has 1 nitrogen and oxygen atoms in total. The van der Waals surface area contributed by atoms with Gasteiger partial charge in [0.15, 0.2) is 0 Å². The van der Waals surface area contributed by atoms with Crippen LogP contribution in [0.3, 0.4) is 0 Å². The van der Waals surface area contributed by atoms with E-state index in [0.717, 1.165) is 24.7 Å². The van der Waals surface area contributed by atoms with Gasteiger partial charge in [0.2, 0.25) is 0 Å². The first-order valence-electron chi connectivity index (χ1n) is 6.13. The van der Waals surface area contributed by atoms with Crippen molar-refractivity contribution in [3.05, 3.63) is 0 Å². The largest absolute Gasteiger partial charge is 0.390 e. The SMILES string of the molecule is CC1(C)CCC[C@@H]2C[C@](C)(O)CC[C@H]21. The molecule has 2 saturated carbocycles. The lowest BCUT2D eigenvalue weighted by Gasteiger charge is -2.50. The molecule has 0 heterocycles. The monoisotopic (exact) mass is 196 g/mol. The lowest BCUT2D eigenvalue weighted by Crippen LogP contribution is -2.44. The van der Waals surface area contributed by atoms with Crippen LogP contribution in [0.1, 0.15) is 59.3 Å². The van der Waals surface area contributed by atoms with E-state index in [2.05, 4.69) is 13.8 Å². The Morgan fingerprint density at radius 1 is 1.07 bits per heavy atom. The van der Waals surface area contributed by atoms with Crippen LogP contribution in [0.5, 0.6) is 0 Å². The van der Waals surface area contributed by atoms with Crippen molar-refractivity contribution in [3.63, 3.8) is 0 Å². The average Bonchev–Trinajstić information content (AvgIpc) is 2.00. The molecule has 14 heavy (non-hydrogen) atoms. The van der Waals surface area contributed by atoms with Gasteiger partial charge in [-0.3, -0.25) is 0 Å². The van der Waals surface area contributed by atoms with Gasteiger partial charge in [0.1, 0.15) is 0 Å². The highest BCUT2D eigenvalue weighted by molar-refractivity contribution is 4.95. The first kappa shape index (κ1) is 10.5. The van der Waals surface area contributed by atoms with E-state index in [1.807, 2.05) is 6.92 Å². The van der Waals surface area contributed by atoms with E-state index in [1.165, 1.54) is 25.7 Å². The first-order chi connectivity index (χ1) is 6.41. The predicted octanol–water partition coefficient (Wildman–Crippen LogP) is 3.36. The number of hydrogen-bond acceptors (Lipinski definition) is 1. The van der Waals surface area contributed by atoms with Crippen molar-refractivity contribution < 1.29 is 5.11 Å². The average molecular weight is 196 g/mol. The minimum Gasteiger partial charge on any atom is -0.390 e. The van der Waals surface area contributed by atoms with Crippen LogP contribution >= 0.6 is 0 Å². The summed E-state index contributed by atoms with van der Waals surface area (Å²) in [6, 6.07) is 0. The quantitative estimate of drug-likeness (QED) is 0.630. The Kier molecular flexibility index (Phi) is 2.42. The van der Waals surface area contributed by atoms with Crippen LogP contribution < -0.4 is 0 Å². The highest BCUT2D eigenvalue weighted by atomic mass is 16.3. The van der Waals surface area contributed by atoms with Gasteiger partial charge in [0, 0.05) is 0 Å². The Labute approximate surface area is 87.9 Å². The highest BCUT2D eigenvalue weighted by Crippen LogP contribution is 2.52. The molecule has 0 aromatic heterocycles. The summed E-state index contributed by atoms with van der Waals surface area (Å²) in [4.78, 5) is 0. The highest BCUT2D eigenvalue weighted by Gasteiger charge is 2.44.